The summed E-state index contributed by atoms with van der Waals surface area (Å²) in [7, 11) is 1.63. The largest absolute Gasteiger partial charge is 0.496 e. The van der Waals surface area contributed by atoms with Crippen LogP contribution in [0.15, 0.2) is 48.5 Å². The van der Waals surface area contributed by atoms with Crippen LogP contribution < -0.4 is 14.8 Å². The molecule has 0 aromatic heterocycles. The molecule has 0 heterocycles. The molecule has 1 amide bonds. The monoisotopic (exact) mass is 327 g/mol. The SMILES string of the molecule is COc1ccccc1CNC(=O)Cc1ccc(OC(C)(C)C)cc1. The number of para-hydroxylation sites is 1. The first-order chi connectivity index (χ1) is 11.4. The number of nitrogens with one attached hydrogen (secondary N) is 1. The molecule has 0 aliphatic heterocycles. The van der Waals surface area contributed by atoms with Gasteiger partial charge in [-0.1, -0.05) is 30.3 Å². The highest BCUT2D eigenvalue weighted by Crippen LogP contribution is 2.19. The van der Waals surface area contributed by atoms with E-state index in [1.54, 1.807) is 7.11 Å². The Morgan fingerprint density at radius 2 is 1.71 bits per heavy atom. The average molecular weight is 327 g/mol. The van der Waals surface area contributed by atoms with E-state index in [1.807, 2.05) is 69.3 Å². The van der Waals surface area contributed by atoms with Gasteiger partial charge in [0.1, 0.15) is 17.1 Å². The molecule has 0 atom stereocenters. The second-order valence-electron chi connectivity index (χ2n) is 6.62. The predicted octanol–water partition coefficient (Wildman–Crippen LogP) is 3.73. The third-order valence-electron chi connectivity index (χ3n) is 3.38. The summed E-state index contributed by atoms with van der Waals surface area (Å²) in [6, 6.07) is 15.3. The van der Waals surface area contributed by atoms with E-state index in [4.69, 9.17) is 9.47 Å². The van der Waals surface area contributed by atoms with Gasteiger partial charge in [0.15, 0.2) is 0 Å². The van der Waals surface area contributed by atoms with Crippen LogP contribution in [0.4, 0.5) is 0 Å². The lowest BCUT2D eigenvalue weighted by Gasteiger charge is -2.21. The van der Waals surface area contributed by atoms with Crippen LogP contribution in [-0.4, -0.2) is 18.6 Å². The number of methoxy groups -OCH3 is 1. The Balaban J connectivity index is 1.88. The molecule has 0 aliphatic carbocycles. The zero-order valence-corrected chi connectivity index (χ0v) is 14.8. The quantitative estimate of drug-likeness (QED) is 0.879. The van der Waals surface area contributed by atoms with Gasteiger partial charge in [-0.3, -0.25) is 4.79 Å². The fraction of sp³-hybridized carbons (Fsp3) is 0.350. The van der Waals surface area contributed by atoms with E-state index in [0.717, 1.165) is 22.6 Å². The van der Waals surface area contributed by atoms with E-state index < -0.39 is 0 Å². The second kappa shape index (κ2) is 7.86. The molecule has 0 aliphatic rings. The van der Waals surface area contributed by atoms with Gasteiger partial charge in [-0.05, 0) is 44.5 Å². The van der Waals surface area contributed by atoms with Crippen LogP contribution in [0.2, 0.25) is 0 Å². The minimum Gasteiger partial charge on any atom is -0.496 e. The molecule has 0 spiro atoms. The van der Waals surface area contributed by atoms with Gasteiger partial charge in [0.25, 0.3) is 0 Å². The van der Waals surface area contributed by atoms with E-state index in [1.165, 1.54) is 0 Å². The maximum absolute atomic E-state index is 12.1. The molecule has 0 radical (unpaired) electrons. The Kier molecular flexibility index (Phi) is 5.85. The lowest BCUT2D eigenvalue weighted by atomic mass is 10.1. The van der Waals surface area contributed by atoms with Crippen molar-refractivity contribution in [3.8, 4) is 11.5 Å². The van der Waals surface area contributed by atoms with Crippen molar-refractivity contribution in [3.05, 3.63) is 59.7 Å². The van der Waals surface area contributed by atoms with E-state index in [9.17, 15) is 4.79 Å². The van der Waals surface area contributed by atoms with Gasteiger partial charge in [0, 0.05) is 12.1 Å². The lowest BCUT2D eigenvalue weighted by molar-refractivity contribution is -0.120. The Labute approximate surface area is 143 Å². The number of benzene rings is 2. The highest BCUT2D eigenvalue weighted by molar-refractivity contribution is 5.78. The van der Waals surface area contributed by atoms with E-state index >= 15 is 0 Å². The minimum atomic E-state index is -0.229. The Hall–Kier alpha value is -2.49. The number of hydrogen-bond acceptors (Lipinski definition) is 3. The normalized spacial score (nSPS) is 11.0. The van der Waals surface area contributed by atoms with Crippen LogP contribution in [-0.2, 0) is 17.8 Å². The zero-order valence-electron chi connectivity index (χ0n) is 14.8. The number of rotatable bonds is 6. The molecule has 2 aromatic rings. The fourth-order valence-electron chi connectivity index (χ4n) is 2.32. The van der Waals surface area contributed by atoms with Crippen molar-refractivity contribution in [3.63, 3.8) is 0 Å². The Morgan fingerprint density at radius 1 is 1.04 bits per heavy atom. The number of amides is 1. The van der Waals surface area contributed by atoms with Gasteiger partial charge < -0.3 is 14.8 Å². The summed E-state index contributed by atoms with van der Waals surface area (Å²) >= 11 is 0. The molecule has 0 saturated heterocycles. The standard InChI is InChI=1S/C20H25NO3/c1-20(2,3)24-17-11-9-15(10-12-17)13-19(22)21-14-16-7-5-6-8-18(16)23-4/h5-12H,13-14H2,1-4H3,(H,21,22). The van der Waals surface area contributed by atoms with Crippen molar-refractivity contribution >= 4 is 5.91 Å². The van der Waals surface area contributed by atoms with Crippen LogP contribution in [0.5, 0.6) is 11.5 Å². The summed E-state index contributed by atoms with van der Waals surface area (Å²) in [6.45, 7) is 6.47. The first kappa shape index (κ1) is 17.9. The molecule has 4 nitrogen and oxygen atoms in total. The van der Waals surface area contributed by atoms with Crippen molar-refractivity contribution in [1.29, 1.82) is 0 Å². The first-order valence-corrected chi connectivity index (χ1v) is 8.04. The maximum atomic E-state index is 12.1. The minimum absolute atomic E-state index is 0.0228. The average Bonchev–Trinajstić information content (AvgIpc) is 2.53. The molecule has 0 bridgehead atoms. The molecule has 2 rings (SSSR count). The molecule has 0 fully saturated rings. The third-order valence-corrected chi connectivity index (χ3v) is 3.38. The van der Waals surface area contributed by atoms with Crippen LogP contribution in [0.3, 0.4) is 0 Å². The maximum Gasteiger partial charge on any atom is 0.224 e. The van der Waals surface area contributed by atoms with E-state index in [-0.39, 0.29) is 11.5 Å². The van der Waals surface area contributed by atoms with Crippen LogP contribution in [0.1, 0.15) is 31.9 Å². The Morgan fingerprint density at radius 3 is 2.33 bits per heavy atom. The summed E-state index contributed by atoms with van der Waals surface area (Å²) in [5, 5.41) is 2.92. The molecule has 0 saturated carbocycles. The number of hydrogen-bond donors (Lipinski definition) is 1. The van der Waals surface area contributed by atoms with Crippen LogP contribution >= 0.6 is 0 Å². The Bertz CT molecular complexity index is 672. The number of carbonyl (C=O) groups excluding carboxylic acids is 1. The van der Waals surface area contributed by atoms with E-state index in [2.05, 4.69) is 5.32 Å². The smallest absolute Gasteiger partial charge is 0.224 e. The summed E-state index contributed by atoms with van der Waals surface area (Å²) in [6.07, 6.45) is 0.338. The fourth-order valence-corrected chi connectivity index (χ4v) is 2.32. The first-order valence-electron chi connectivity index (χ1n) is 8.04. The number of carbonyl (C=O) groups is 1. The van der Waals surface area contributed by atoms with Gasteiger partial charge in [0.05, 0.1) is 13.5 Å². The summed E-state index contributed by atoms with van der Waals surface area (Å²) in [4.78, 5) is 12.1. The second-order valence-corrected chi connectivity index (χ2v) is 6.62. The molecule has 2 aromatic carbocycles. The lowest BCUT2D eigenvalue weighted by Crippen LogP contribution is -2.25. The summed E-state index contributed by atoms with van der Waals surface area (Å²) < 4.78 is 11.1. The summed E-state index contributed by atoms with van der Waals surface area (Å²) in [5.74, 6) is 1.56. The van der Waals surface area contributed by atoms with Gasteiger partial charge in [-0.2, -0.15) is 0 Å². The van der Waals surface area contributed by atoms with Gasteiger partial charge in [-0.25, -0.2) is 0 Å². The molecule has 4 heteroatoms. The van der Waals surface area contributed by atoms with Gasteiger partial charge >= 0.3 is 0 Å². The van der Waals surface area contributed by atoms with Crippen LogP contribution in [0, 0.1) is 0 Å². The predicted molar refractivity (Wildman–Crippen MR) is 95.4 cm³/mol. The highest BCUT2D eigenvalue weighted by Gasteiger charge is 2.12. The molecular formula is C20H25NO3. The number of ether oxygens (including phenoxy) is 2. The van der Waals surface area contributed by atoms with Crippen molar-refractivity contribution in [2.45, 2.75) is 39.3 Å². The third kappa shape index (κ3) is 5.61. The summed E-state index contributed by atoms with van der Waals surface area (Å²) in [5.41, 5.74) is 1.68. The molecule has 1 N–H and O–H groups in total. The zero-order chi connectivity index (χ0) is 17.6. The highest BCUT2D eigenvalue weighted by atomic mass is 16.5. The van der Waals surface area contributed by atoms with Crippen molar-refractivity contribution < 1.29 is 14.3 Å². The molecule has 24 heavy (non-hydrogen) atoms. The van der Waals surface area contributed by atoms with Crippen molar-refractivity contribution in [2.75, 3.05) is 7.11 Å². The van der Waals surface area contributed by atoms with Crippen molar-refractivity contribution in [1.82, 2.24) is 5.32 Å². The van der Waals surface area contributed by atoms with Crippen molar-refractivity contribution in [2.24, 2.45) is 0 Å². The molecule has 0 unspecified atom stereocenters. The van der Waals surface area contributed by atoms with Gasteiger partial charge in [-0.15, -0.1) is 0 Å². The van der Waals surface area contributed by atoms with Gasteiger partial charge in [0.2, 0.25) is 5.91 Å². The van der Waals surface area contributed by atoms with Crippen LogP contribution in [0.25, 0.3) is 0 Å². The topological polar surface area (TPSA) is 47.6 Å². The molecular weight excluding hydrogens is 302 g/mol. The molecule has 128 valence electrons. The van der Waals surface area contributed by atoms with E-state index in [0.29, 0.717) is 13.0 Å².